The summed E-state index contributed by atoms with van der Waals surface area (Å²) >= 11 is 0. The number of nitrogens with one attached hydrogen (secondary N) is 1. The van der Waals surface area contributed by atoms with E-state index in [0.29, 0.717) is 23.6 Å². The molecule has 0 bridgehead atoms. The van der Waals surface area contributed by atoms with Crippen molar-refractivity contribution in [2.24, 2.45) is 5.92 Å². The number of rotatable bonds is 7. The molecule has 0 radical (unpaired) electrons. The molecule has 1 saturated carbocycles. The SMILES string of the molecule is Cc1noc(-c2ccc(-c3ccc(C4CC4C(=O)O)cc3)cc2)c1NC(=O)OC(C)c1ccccc1. The van der Waals surface area contributed by atoms with Crippen molar-refractivity contribution in [3.05, 3.63) is 95.7 Å². The van der Waals surface area contributed by atoms with Gasteiger partial charge in [0.25, 0.3) is 0 Å². The maximum Gasteiger partial charge on any atom is 0.412 e. The minimum absolute atomic E-state index is 0.113. The molecular formula is C29H26N2O5. The summed E-state index contributed by atoms with van der Waals surface area (Å²) in [4.78, 5) is 23.7. The van der Waals surface area contributed by atoms with Crippen molar-refractivity contribution in [3.63, 3.8) is 0 Å². The number of hydrogen-bond acceptors (Lipinski definition) is 5. The van der Waals surface area contributed by atoms with Gasteiger partial charge in [0.05, 0.1) is 5.92 Å². The molecule has 5 rings (SSSR count). The molecule has 1 aliphatic carbocycles. The fraction of sp³-hybridized carbons (Fsp3) is 0.207. The van der Waals surface area contributed by atoms with E-state index in [9.17, 15) is 9.59 Å². The van der Waals surface area contributed by atoms with Crippen LogP contribution in [-0.4, -0.2) is 22.3 Å². The minimum atomic E-state index is -0.727. The van der Waals surface area contributed by atoms with Gasteiger partial charge >= 0.3 is 12.1 Å². The van der Waals surface area contributed by atoms with Gasteiger partial charge in [-0.05, 0) is 48.4 Å². The molecule has 0 spiro atoms. The zero-order chi connectivity index (χ0) is 25.2. The molecule has 1 aliphatic rings. The zero-order valence-electron chi connectivity index (χ0n) is 20.0. The molecule has 3 atom stereocenters. The summed E-state index contributed by atoms with van der Waals surface area (Å²) in [7, 11) is 0. The Morgan fingerprint density at radius 1 is 0.972 bits per heavy atom. The van der Waals surface area contributed by atoms with Crippen molar-refractivity contribution >= 4 is 17.7 Å². The summed E-state index contributed by atoms with van der Waals surface area (Å²) in [6, 6.07) is 25.3. The highest BCUT2D eigenvalue weighted by Gasteiger charge is 2.44. The van der Waals surface area contributed by atoms with Crippen molar-refractivity contribution in [1.82, 2.24) is 5.16 Å². The number of carboxylic acids is 1. The van der Waals surface area contributed by atoms with E-state index in [0.717, 1.165) is 27.8 Å². The van der Waals surface area contributed by atoms with Crippen LogP contribution in [0.25, 0.3) is 22.5 Å². The molecule has 7 nitrogen and oxygen atoms in total. The van der Waals surface area contributed by atoms with Crippen LogP contribution in [0.5, 0.6) is 0 Å². The average molecular weight is 483 g/mol. The van der Waals surface area contributed by atoms with Crippen LogP contribution in [0.2, 0.25) is 0 Å². The molecule has 0 aliphatic heterocycles. The predicted octanol–water partition coefficient (Wildman–Crippen LogP) is 6.81. The number of anilines is 1. The predicted molar refractivity (Wildman–Crippen MR) is 136 cm³/mol. The largest absolute Gasteiger partial charge is 0.481 e. The van der Waals surface area contributed by atoms with Gasteiger partial charge in [0, 0.05) is 5.56 Å². The first-order valence-corrected chi connectivity index (χ1v) is 11.8. The molecule has 1 amide bonds. The van der Waals surface area contributed by atoms with Gasteiger partial charge in [-0.15, -0.1) is 0 Å². The fourth-order valence-corrected chi connectivity index (χ4v) is 4.37. The van der Waals surface area contributed by atoms with Gasteiger partial charge in [-0.1, -0.05) is 84.0 Å². The maximum absolute atomic E-state index is 12.6. The van der Waals surface area contributed by atoms with Crippen LogP contribution in [0.15, 0.2) is 83.4 Å². The lowest BCUT2D eigenvalue weighted by molar-refractivity contribution is -0.138. The monoisotopic (exact) mass is 482 g/mol. The first kappa shape index (κ1) is 23.4. The molecule has 1 fully saturated rings. The Kier molecular flexibility index (Phi) is 6.29. The van der Waals surface area contributed by atoms with E-state index < -0.39 is 18.2 Å². The number of benzene rings is 3. The number of carbonyl (C=O) groups is 2. The van der Waals surface area contributed by atoms with E-state index >= 15 is 0 Å². The van der Waals surface area contributed by atoms with Crippen LogP contribution in [0, 0.1) is 12.8 Å². The standard InChI is InChI=1S/C29H26N2O5/c1-17-26(30-29(34)35-18(2)19-6-4-3-5-7-19)27(36-31-17)23-14-10-21(11-15-23)20-8-12-22(13-9-20)24-16-25(24)28(32)33/h3-15,18,24-25H,16H2,1-2H3,(H,30,34)(H,32,33). The number of amides is 1. The Labute approximate surface area is 208 Å². The molecule has 36 heavy (non-hydrogen) atoms. The van der Waals surface area contributed by atoms with Crippen molar-refractivity contribution in [2.45, 2.75) is 32.3 Å². The van der Waals surface area contributed by atoms with Crippen molar-refractivity contribution in [3.8, 4) is 22.5 Å². The number of aromatic nitrogens is 1. The summed E-state index contributed by atoms with van der Waals surface area (Å²) in [6.45, 7) is 3.57. The van der Waals surface area contributed by atoms with E-state index in [1.165, 1.54) is 0 Å². The molecule has 182 valence electrons. The second kappa shape index (κ2) is 9.70. The Balaban J connectivity index is 1.28. The topological polar surface area (TPSA) is 102 Å². The molecule has 4 aromatic rings. The first-order valence-electron chi connectivity index (χ1n) is 11.8. The fourth-order valence-electron chi connectivity index (χ4n) is 4.37. The molecular weight excluding hydrogens is 456 g/mol. The molecule has 3 unspecified atom stereocenters. The van der Waals surface area contributed by atoms with Crippen LogP contribution in [-0.2, 0) is 9.53 Å². The molecule has 2 N–H and O–H groups in total. The Morgan fingerprint density at radius 2 is 1.58 bits per heavy atom. The normalized spacial score (nSPS) is 17.3. The lowest BCUT2D eigenvalue weighted by Gasteiger charge is -2.14. The van der Waals surface area contributed by atoms with Gasteiger partial charge in [0.1, 0.15) is 17.5 Å². The number of carboxylic acid groups (broad SMARTS) is 1. The second-order valence-electron chi connectivity index (χ2n) is 9.04. The van der Waals surface area contributed by atoms with E-state index in [-0.39, 0.29) is 11.8 Å². The number of aliphatic carboxylic acids is 1. The van der Waals surface area contributed by atoms with E-state index in [1.54, 1.807) is 6.92 Å². The maximum atomic E-state index is 12.6. The van der Waals surface area contributed by atoms with Gasteiger partial charge in [-0.25, -0.2) is 4.79 Å². The van der Waals surface area contributed by atoms with Gasteiger partial charge in [0.15, 0.2) is 5.76 Å². The molecule has 1 aromatic heterocycles. The number of hydrogen-bond donors (Lipinski definition) is 2. The van der Waals surface area contributed by atoms with Crippen molar-refractivity contribution in [1.29, 1.82) is 0 Å². The van der Waals surface area contributed by atoms with Crippen molar-refractivity contribution in [2.75, 3.05) is 5.32 Å². The number of carbonyl (C=O) groups excluding carboxylic acids is 1. The Hall–Kier alpha value is -4.39. The highest BCUT2D eigenvalue weighted by molar-refractivity contribution is 5.91. The number of aryl methyl sites for hydroxylation is 1. The summed E-state index contributed by atoms with van der Waals surface area (Å²) in [5, 5.41) is 16.0. The van der Waals surface area contributed by atoms with Crippen LogP contribution < -0.4 is 5.32 Å². The molecule has 1 heterocycles. The van der Waals surface area contributed by atoms with E-state index in [4.69, 9.17) is 14.4 Å². The number of nitrogens with zero attached hydrogens (tertiary/aromatic N) is 1. The van der Waals surface area contributed by atoms with Crippen LogP contribution in [0.3, 0.4) is 0 Å². The summed E-state index contributed by atoms with van der Waals surface area (Å²) in [5.41, 5.74) is 5.79. The Bertz CT molecular complexity index is 1380. The smallest absolute Gasteiger partial charge is 0.412 e. The van der Waals surface area contributed by atoms with Gasteiger partial charge in [-0.2, -0.15) is 0 Å². The highest BCUT2D eigenvalue weighted by Crippen LogP contribution is 2.47. The summed E-state index contributed by atoms with van der Waals surface area (Å²) in [5.74, 6) is -0.425. The average Bonchev–Trinajstić information content (AvgIpc) is 3.63. The number of ether oxygens (including phenoxy) is 1. The quantitative estimate of drug-likeness (QED) is 0.300. The van der Waals surface area contributed by atoms with Gasteiger partial charge < -0.3 is 14.4 Å². The third-order valence-electron chi connectivity index (χ3n) is 6.57. The Morgan fingerprint density at radius 3 is 2.19 bits per heavy atom. The van der Waals surface area contributed by atoms with Gasteiger partial charge in [0.2, 0.25) is 0 Å². The minimum Gasteiger partial charge on any atom is -0.481 e. The second-order valence-corrected chi connectivity index (χ2v) is 9.04. The third-order valence-corrected chi connectivity index (χ3v) is 6.57. The third kappa shape index (κ3) is 4.86. The zero-order valence-corrected chi connectivity index (χ0v) is 20.0. The highest BCUT2D eigenvalue weighted by atomic mass is 16.6. The summed E-state index contributed by atoms with van der Waals surface area (Å²) < 4.78 is 11.1. The van der Waals surface area contributed by atoms with Crippen LogP contribution >= 0.6 is 0 Å². The van der Waals surface area contributed by atoms with Crippen LogP contribution in [0.1, 0.15) is 42.2 Å². The summed E-state index contributed by atoms with van der Waals surface area (Å²) in [6.07, 6.45) is -0.290. The lowest BCUT2D eigenvalue weighted by atomic mass is 10.00. The van der Waals surface area contributed by atoms with E-state index in [1.807, 2.05) is 85.8 Å². The first-order chi connectivity index (χ1) is 17.4. The van der Waals surface area contributed by atoms with E-state index in [2.05, 4.69) is 10.5 Å². The van der Waals surface area contributed by atoms with Crippen LogP contribution in [0.4, 0.5) is 10.5 Å². The molecule has 7 heteroatoms. The van der Waals surface area contributed by atoms with Gasteiger partial charge in [-0.3, -0.25) is 10.1 Å². The lowest BCUT2D eigenvalue weighted by Crippen LogP contribution is -2.16. The molecule has 3 aromatic carbocycles. The molecule has 0 saturated heterocycles. The van der Waals surface area contributed by atoms with Crippen molar-refractivity contribution < 1.29 is 24.0 Å².